The number of aryl methyl sites for hydroxylation is 2. The summed E-state index contributed by atoms with van der Waals surface area (Å²) in [6, 6.07) is 22.5. The average Bonchev–Trinajstić information content (AvgIpc) is 3.20. The number of hydrogen-bond donors (Lipinski definition) is 1. The summed E-state index contributed by atoms with van der Waals surface area (Å²) in [6.45, 7) is 4.77. The summed E-state index contributed by atoms with van der Waals surface area (Å²) in [4.78, 5) is 39.6. The van der Waals surface area contributed by atoms with Crippen molar-refractivity contribution in [1.82, 2.24) is 9.88 Å². The van der Waals surface area contributed by atoms with E-state index < -0.39 is 17.8 Å². The first-order chi connectivity index (χ1) is 17.0. The summed E-state index contributed by atoms with van der Waals surface area (Å²) in [5, 5.41) is 3.23. The molecule has 1 aromatic heterocycles. The second-order valence-electron chi connectivity index (χ2n) is 8.63. The number of nitrogens with one attached hydrogen (secondary N) is 1. The van der Waals surface area contributed by atoms with E-state index in [2.05, 4.69) is 28.9 Å². The van der Waals surface area contributed by atoms with Gasteiger partial charge in [0.25, 0.3) is 11.8 Å². The number of imide groups is 2. The molecule has 6 nitrogen and oxygen atoms in total. The van der Waals surface area contributed by atoms with E-state index in [1.165, 1.54) is 11.1 Å². The third-order valence-corrected chi connectivity index (χ3v) is 6.43. The van der Waals surface area contributed by atoms with Crippen molar-refractivity contribution >= 4 is 40.5 Å². The van der Waals surface area contributed by atoms with Crippen LogP contribution in [0.15, 0.2) is 84.6 Å². The fourth-order valence-corrected chi connectivity index (χ4v) is 4.42. The Balaban J connectivity index is 1.56. The molecule has 6 heteroatoms. The van der Waals surface area contributed by atoms with Gasteiger partial charge in [-0.05, 0) is 54.3 Å². The molecule has 1 N–H and O–H groups in total. The molecule has 0 aliphatic carbocycles. The molecular weight excluding hydrogens is 438 g/mol. The van der Waals surface area contributed by atoms with Gasteiger partial charge in [-0.15, -0.1) is 0 Å². The molecule has 35 heavy (non-hydrogen) atoms. The number of urea groups is 1. The quantitative estimate of drug-likeness (QED) is 0.326. The first-order valence-corrected chi connectivity index (χ1v) is 11.6. The van der Waals surface area contributed by atoms with Gasteiger partial charge in [-0.2, -0.15) is 0 Å². The number of nitrogens with zero attached hydrogens (tertiary/aromatic N) is 2. The third-order valence-electron chi connectivity index (χ3n) is 6.43. The molecule has 1 saturated heterocycles. The molecule has 3 aromatic carbocycles. The van der Waals surface area contributed by atoms with Crippen LogP contribution in [-0.4, -0.2) is 22.4 Å². The molecular formula is C29H25N3O3. The number of barbiturate groups is 1. The SMILES string of the molecule is CCc1ccc(N2C(=O)NC(=O)C(=Cc3cn(Cc4ccccc4C)c4ccccc34)C2=O)cc1. The van der Waals surface area contributed by atoms with Gasteiger partial charge in [-0.3, -0.25) is 14.9 Å². The summed E-state index contributed by atoms with van der Waals surface area (Å²) in [5.41, 5.74) is 5.54. The van der Waals surface area contributed by atoms with Crippen LogP contribution in [0, 0.1) is 6.92 Å². The molecule has 4 amide bonds. The van der Waals surface area contributed by atoms with Crippen LogP contribution >= 0.6 is 0 Å². The van der Waals surface area contributed by atoms with Gasteiger partial charge >= 0.3 is 6.03 Å². The predicted octanol–water partition coefficient (Wildman–Crippen LogP) is 5.23. The van der Waals surface area contributed by atoms with Crippen molar-refractivity contribution in [2.45, 2.75) is 26.8 Å². The number of anilines is 1. The minimum absolute atomic E-state index is 0.0806. The average molecular weight is 464 g/mol. The second kappa shape index (κ2) is 9.06. The lowest BCUT2D eigenvalue weighted by Gasteiger charge is -2.26. The minimum atomic E-state index is -0.747. The summed E-state index contributed by atoms with van der Waals surface area (Å²) in [5.74, 6) is -1.34. The molecule has 0 radical (unpaired) electrons. The van der Waals surface area contributed by atoms with Gasteiger partial charge in [-0.25, -0.2) is 9.69 Å². The van der Waals surface area contributed by atoms with E-state index in [4.69, 9.17) is 0 Å². The maximum Gasteiger partial charge on any atom is 0.335 e. The van der Waals surface area contributed by atoms with Gasteiger partial charge in [0, 0.05) is 29.2 Å². The zero-order chi connectivity index (χ0) is 24.5. The molecule has 2 heterocycles. The molecule has 0 atom stereocenters. The number of hydrogen-bond acceptors (Lipinski definition) is 3. The number of carbonyl (C=O) groups is 3. The number of benzene rings is 3. The van der Waals surface area contributed by atoms with Crippen LogP contribution in [0.5, 0.6) is 0 Å². The lowest BCUT2D eigenvalue weighted by molar-refractivity contribution is -0.122. The highest BCUT2D eigenvalue weighted by Gasteiger charge is 2.37. The molecule has 0 saturated carbocycles. The Kier molecular flexibility index (Phi) is 5.79. The van der Waals surface area contributed by atoms with Gasteiger partial charge in [-0.1, -0.05) is 61.5 Å². The van der Waals surface area contributed by atoms with E-state index in [0.717, 1.165) is 33.4 Å². The van der Waals surface area contributed by atoms with Gasteiger partial charge in [0.05, 0.1) is 5.69 Å². The van der Waals surface area contributed by atoms with Crippen molar-refractivity contribution in [2.75, 3.05) is 4.90 Å². The predicted molar refractivity (Wildman–Crippen MR) is 137 cm³/mol. The van der Waals surface area contributed by atoms with Gasteiger partial charge in [0.15, 0.2) is 0 Å². The number of carbonyl (C=O) groups excluding carboxylic acids is 3. The van der Waals surface area contributed by atoms with Crippen LogP contribution in [0.25, 0.3) is 17.0 Å². The van der Waals surface area contributed by atoms with Crippen molar-refractivity contribution in [2.24, 2.45) is 0 Å². The summed E-state index contributed by atoms with van der Waals surface area (Å²) in [6.07, 6.45) is 4.37. The summed E-state index contributed by atoms with van der Waals surface area (Å²) in [7, 11) is 0. The Labute approximate surface area is 203 Å². The maximum atomic E-state index is 13.4. The fraction of sp³-hybridized carbons (Fsp3) is 0.138. The zero-order valence-electron chi connectivity index (χ0n) is 19.6. The number of aromatic nitrogens is 1. The number of fused-ring (bicyclic) bond motifs is 1. The number of amides is 4. The maximum absolute atomic E-state index is 13.4. The van der Waals surface area contributed by atoms with Crippen molar-refractivity contribution in [3.8, 4) is 0 Å². The first kappa shape index (κ1) is 22.3. The fourth-order valence-electron chi connectivity index (χ4n) is 4.42. The minimum Gasteiger partial charge on any atom is -0.342 e. The standard InChI is InChI=1S/C29H25N3O3/c1-3-20-12-14-23(15-13-20)32-28(34)25(27(33)30-29(32)35)16-22-18-31(26-11-7-6-10-24(22)26)17-21-9-5-4-8-19(21)2/h4-16,18H,3,17H2,1-2H3,(H,30,33,35). The van der Waals surface area contributed by atoms with E-state index in [1.54, 1.807) is 18.2 Å². The zero-order valence-corrected chi connectivity index (χ0v) is 19.6. The number of rotatable bonds is 5. The highest BCUT2D eigenvalue weighted by molar-refractivity contribution is 6.39. The van der Waals surface area contributed by atoms with Crippen molar-refractivity contribution in [3.63, 3.8) is 0 Å². The van der Waals surface area contributed by atoms with Crippen LogP contribution in [0.2, 0.25) is 0 Å². The smallest absolute Gasteiger partial charge is 0.335 e. The molecule has 0 unspecified atom stereocenters. The Morgan fingerprint density at radius 1 is 0.886 bits per heavy atom. The van der Waals surface area contributed by atoms with E-state index in [-0.39, 0.29) is 5.57 Å². The largest absolute Gasteiger partial charge is 0.342 e. The van der Waals surface area contributed by atoms with Crippen LogP contribution in [0.4, 0.5) is 10.5 Å². The van der Waals surface area contributed by atoms with Crippen molar-refractivity contribution in [3.05, 3.63) is 107 Å². The first-order valence-electron chi connectivity index (χ1n) is 11.6. The molecule has 1 fully saturated rings. The lowest BCUT2D eigenvalue weighted by atomic mass is 10.1. The van der Waals surface area contributed by atoms with Crippen LogP contribution < -0.4 is 10.2 Å². The van der Waals surface area contributed by atoms with E-state index >= 15 is 0 Å². The monoisotopic (exact) mass is 463 g/mol. The van der Waals surface area contributed by atoms with Gasteiger partial charge in [0.2, 0.25) is 0 Å². The molecule has 1 aliphatic rings. The van der Waals surface area contributed by atoms with E-state index in [9.17, 15) is 14.4 Å². The molecule has 1 aliphatic heterocycles. The van der Waals surface area contributed by atoms with Crippen molar-refractivity contribution < 1.29 is 14.4 Å². The molecule has 0 bridgehead atoms. The summed E-state index contributed by atoms with van der Waals surface area (Å²) < 4.78 is 2.11. The Bertz CT molecular complexity index is 1500. The third kappa shape index (κ3) is 4.15. The Morgan fingerprint density at radius 2 is 1.60 bits per heavy atom. The second-order valence-corrected chi connectivity index (χ2v) is 8.63. The Hall–Kier alpha value is -4.45. The van der Waals surface area contributed by atoms with E-state index in [0.29, 0.717) is 12.2 Å². The van der Waals surface area contributed by atoms with E-state index in [1.807, 2.05) is 61.7 Å². The lowest BCUT2D eigenvalue weighted by Crippen LogP contribution is -2.54. The van der Waals surface area contributed by atoms with Crippen molar-refractivity contribution in [1.29, 1.82) is 0 Å². The highest BCUT2D eigenvalue weighted by atomic mass is 16.2. The number of para-hydroxylation sites is 1. The molecule has 174 valence electrons. The van der Waals surface area contributed by atoms with Crippen LogP contribution in [0.1, 0.15) is 29.2 Å². The molecule has 5 rings (SSSR count). The normalized spacial score (nSPS) is 15.2. The topological polar surface area (TPSA) is 71.4 Å². The van der Waals surface area contributed by atoms with Crippen LogP contribution in [0.3, 0.4) is 0 Å². The summed E-state index contributed by atoms with van der Waals surface area (Å²) >= 11 is 0. The van der Waals surface area contributed by atoms with Gasteiger partial charge in [0.1, 0.15) is 5.57 Å². The molecule has 0 spiro atoms. The van der Waals surface area contributed by atoms with Gasteiger partial charge < -0.3 is 4.57 Å². The highest BCUT2D eigenvalue weighted by Crippen LogP contribution is 2.27. The Morgan fingerprint density at radius 3 is 2.34 bits per heavy atom. The molecule has 4 aromatic rings. The van der Waals surface area contributed by atoms with Crippen LogP contribution in [-0.2, 0) is 22.6 Å².